The Kier molecular flexibility index (Phi) is 3.11. The van der Waals surface area contributed by atoms with Gasteiger partial charge in [0, 0.05) is 25.6 Å². The summed E-state index contributed by atoms with van der Waals surface area (Å²) in [7, 11) is 1.21. The van der Waals surface area contributed by atoms with Gasteiger partial charge in [0.25, 0.3) is 0 Å². The Hall–Kier alpha value is -1.86. The molecule has 102 valence electrons. The second-order valence-electron chi connectivity index (χ2n) is 3.98. The van der Waals surface area contributed by atoms with E-state index in [9.17, 15) is 14.9 Å². The number of para-hydroxylation sites is 1. The Labute approximate surface area is 113 Å². The van der Waals surface area contributed by atoms with Crippen LogP contribution in [-0.2, 0) is 15.3 Å². The molecule has 7 nitrogen and oxygen atoms in total. The second kappa shape index (κ2) is 4.36. The molecule has 1 N–H and O–H groups in total. The van der Waals surface area contributed by atoms with E-state index in [2.05, 4.69) is 5.32 Å². The lowest BCUT2D eigenvalue weighted by Gasteiger charge is -2.31. The minimum absolute atomic E-state index is 0.185. The number of rotatable bonds is 3. The highest BCUT2D eigenvalue weighted by atomic mass is 35.5. The molecule has 1 aliphatic rings. The first-order valence-corrected chi connectivity index (χ1v) is 5.71. The minimum Gasteiger partial charge on any atom is -0.411 e. The smallest absolute Gasteiger partial charge is 0.411 e. The number of ether oxygens (including phenoxy) is 2. The van der Waals surface area contributed by atoms with Gasteiger partial charge in [-0.15, -0.1) is 0 Å². The number of halogens is 1. The summed E-state index contributed by atoms with van der Waals surface area (Å²) >= 11 is 5.98. The number of benzene rings is 1. The van der Waals surface area contributed by atoms with Crippen molar-refractivity contribution in [2.75, 3.05) is 7.11 Å². The molecule has 0 aliphatic carbocycles. The Morgan fingerprint density at radius 2 is 2.16 bits per heavy atom. The van der Waals surface area contributed by atoms with E-state index in [4.69, 9.17) is 21.1 Å². The summed E-state index contributed by atoms with van der Waals surface area (Å²) in [5.74, 6) is -0.348. The van der Waals surface area contributed by atoms with Crippen LogP contribution in [0.15, 0.2) is 24.3 Å². The molecule has 0 bridgehead atoms. The van der Waals surface area contributed by atoms with Gasteiger partial charge in [0.15, 0.2) is 0 Å². The molecule has 1 amide bonds. The number of nitrogens with zero attached hydrogens (tertiary/aromatic N) is 1. The van der Waals surface area contributed by atoms with E-state index in [0.29, 0.717) is 5.56 Å². The van der Waals surface area contributed by atoms with Crippen molar-refractivity contribution in [3.05, 3.63) is 39.9 Å². The third-order valence-corrected chi connectivity index (χ3v) is 3.32. The Balaban J connectivity index is 2.68. The lowest BCUT2D eigenvalue weighted by Crippen LogP contribution is -2.62. The summed E-state index contributed by atoms with van der Waals surface area (Å²) in [6.07, 6.45) is 0. The maximum absolute atomic E-state index is 11.4. The molecule has 1 aromatic carbocycles. The van der Waals surface area contributed by atoms with Crippen LogP contribution in [0.25, 0.3) is 0 Å². The van der Waals surface area contributed by atoms with Crippen LogP contribution in [0.2, 0.25) is 0 Å². The second-order valence-corrected chi connectivity index (χ2v) is 4.50. The molecule has 0 spiro atoms. The quantitative estimate of drug-likeness (QED) is 0.296. The zero-order chi connectivity index (χ0) is 14.3. The highest BCUT2D eigenvalue weighted by Crippen LogP contribution is 2.50. The van der Waals surface area contributed by atoms with Gasteiger partial charge in [-0.3, -0.25) is 14.9 Å². The summed E-state index contributed by atoms with van der Waals surface area (Å²) in [6.45, 7) is 1.21. The maximum atomic E-state index is 11.4. The van der Waals surface area contributed by atoms with Crippen LogP contribution in [0.1, 0.15) is 12.5 Å². The van der Waals surface area contributed by atoms with Gasteiger partial charge < -0.3 is 14.8 Å². The summed E-state index contributed by atoms with van der Waals surface area (Å²) in [4.78, 5) is 21.8. The molecule has 0 saturated heterocycles. The van der Waals surface area contributed by atoms with Crippen molar-refractivity contribution in [2.45, 2.75) is 17.8 Å². The van der Waals surface area contributed by atoms with Crippen molar-refractivity contribution in [3.8, 4) is 5.75 Å². The van der Waals surface area contributed by atoms with Crippen LogP contribution in [0.5, 0.6) is 5.75 Å². The third-order valence-electron chi connectivity index (χ3n) is 2.84. The van der Waals surface area contributed by atoms with Crippen LogP contribution in [0, 0.1) is 10.1 Å². The Morgan fingerprint density at radius 1 is 1.53 bits per heavy atom. The van der Waals surface area contributed by atoms with Crippen LogP contribution in [0.3, 0.4) is 0 Å². The van der Waals surface area contributed by atoms with Crippen molar-refractivity contribution in [1.29, 1.82) is 0 Å². The molecule has 0 radical (unpaired) electrons. The first kappa shape index (κ1) is 13.6. The summed E-state index contributed by atoms with van der Waals surface area (Å²) in [5, 5.41) is 11.2. The average molecular weight is 287 g/mol. The van der Waals surface area contributed by atoms with Gasteiger partial charge in [0.2, 0.25) is 5.91 Å². The van der Waals surface area contributed by atoms with Crippen molar-refractivity contribution in [1.82, 2.24) is 5.32 Å². The standard InChI is InChI=1S/C11H11ClN2O5/c1-7(15)13-10(18-2)8-5-3-4-6-9(8)19-11(10,12)14(16)17/h3-6H,1-2H3,(H,13,15). The monoisotopic (exact) mass is 286 g/mol. The molecule has 8 heteroatoms. The summed E-state index contributed by atoms with van der Waals surface area (Å²) in [5.41, 5.74) is -1.60. The lowest BCUT2D eigenvalue weighted by molar-refractivity contribution is -0.610. The number of nitro groups is 1. The number of carbonyl (C=O) groups is 1. The summed E-state index contributed by atoms with van der Waals surface area (Å²) < 4.78 is 10.4. The van der Waals surface area contributed by atoms with E-state index >= 15 is 0 Å². The minimum atomic E-state index is -2.46. The van der Waals surface area contributed by atoms with Gasteiger partial charge in [-0.05, 0) is 12.1 Å². The van der Waals surface area contributed by atoms with E-state index in [-0.39, 0.29) is 5.75 Å². The number of amides is 1. The number of hydrogen-bond donors (Lipinski definition) is 1. The predicted molar refractivity (Wildman–Crippen MR) is 65.2 cm³/mol. The molecule has 1 heterocycles. The molecule has 2 rings (SSSR count). The van der Waals surface area contributed by atoms with E-state index < -0.39 is 21.7 Å². The Morgan fingerprint density at radius 3 is 2.68 bits per heavy atom. The van der Waals surface area contributed by atoms with Gasteiger partial charge in [-0.25, -0.2) is 0 Å². The van der Waals surface area contributed by atoms with Crippen LogP contribution < -0.4 is 10.1 Å². The van der Waals surface area contributed by atoms with Crippen LogP contribution in [-0.4, -0.2) is 23.1 Å². The fraction of sp³-hybridized carbons (Fsp3) is 0.364. The number of fused-ring (bicyclic) bond motifs is 1. The molecule has 2 unspecified atom stereocenters. The SMILES string of the molecule is COC1(NC(C)=O)c2ccccc2OC1(Cl)[N+](=O)[O-]. The largest absolute Gasteiger partial charge is 0.496 e. The number of hydrogen-bond acceptors (Lipinski definition) is 5. The topological polar surface area (TPSA) is 90.7 Å². The molecule has 1 aromatic rings. The Bertz CT molecular complexity index is 552. The van der Waals surface area contributed by atoms with Crippen molar-refractivity contribution in [2.24, 2.45) is 0 Å². The number of methoxy groups -OCH3 is 1. The van der Waals surface area contributed by atoms with Gasteiger partial charge in [0.1, 0.15) is 5.75 Å². The average Bonchev–Trinajstić information content (AvgIpc) is 2.60. The lowest BCUT2D eigenvalue weighted by atomic mass is 10.0. The van der Waals surface area contributed by atoms with Crippen LogP contribution in [0.4, 0.5) is 0 Å². The van der Waals surface area contributed by atoms with E-state index in [1.807, 2.05) is 0 Å². The zero-order valence-corrected chi connectivity index (χ0v) is 10.9. The number of nitrogens with one attached hydrogen (secondary N) is 1. The molecule has 0 fully saturated rings. The van der Waals surface area contributed by atoms with Crippen molar-refractivity contribution < 1.29 is 19.2 Å². The fourth-order valence-corrected chi connectivity index (χ4v) is 2.38. The number of alkyl halides is 1. The molecule has 0 aromatic heterocycles. The van der Waals surface area contributed by atoms with Crippen molar-refractivity contribution in [3.63, 3.8) is 0 Å². The molecular weight excluding hydrogens is 276 g/mol. The predicted octanol–water partition coefficient (Wildman–Crippen LogP) is 1.18. The third kappa shape index (κ3) is 1.73. The van der Waals surface area contributed by atoms with Crippen molar-refractivity contribution >= 4 is 17.5 Å². The van der Waals surface area contributed by atoms with Crippen LogP contribution >= 0.6 is 11.6 Å². The number of carbonyl (C=O) groups excluding carboxylic acids is 1. The van der Waals surface area contributed by atoms with Gasteiger partial charge in [0.05, 0.1) is 10.5 Å². The first-order valence-electron chi connectivity index (χ1n) is 5.33. The highest BCUT2D eigenvalue weighted by Gasteiger charge is 2.72. The normalized spacial score (nSPS) is 28.4. The molecule has 19 heavy (non-hydrogen) atoms. The van der Waals surface area contributed by atoms with Gasteiger partial charge in [-0.1, -0.05) is 12.1 Å². The fourth-order valence-electron chi connectivity index (χ4n) is 2.08. The van der Waals surface area contributed by atoms with E-state index in [1.165, 1.54) is 20.1 Å². The van der Waals surface area contributed by atoms with Gasteiger partial charge in [-0.2, -0.15) is 0 Å². The van der Waals surface area contributed by atoms with E-state index in [1.54, 1.807) is 18.2 Å². The zero-order valence-electron chi connectivity index (χ0n) is 10.2. The molecular formula is C11H11ClN2O5. The first-order chi connectivity index (χ1) is 8.87. The summed E-state index contributed by atoms with van der Waals surface area (Å²) in [6, 6.07) is 6.33. The highest BCUT2D eigenvalue weighted by molar-refractivity contribution is 6.23. The molecule has 1 aliphatic heterocycles. The maximum Gasteiger partial charge on any atom is 0.496 e. The molecule has 0 saturated carbocycles. The molecule has 2 atom stereocenters. The van der Waals surface area contributed by atoms with Gasteiger partial charge >= 0.3 is 10.9 Å². The van der Waals surface area contributed by atoms with E-state index in [0.717, 1.165) is 0 Å².